The van der Waals surface area contributed by atoms with E-state index in [2.05, 4.69) is 9.88 Å². The summed E-state index contributed by atoms with van der Waals surface area (Å²) in [6, 6.07) is 7.96. The SMILES string of the molecule is O=C(c1cccc(C(F)(F)F)c1)N1CCN(C(=O)c2cccnc2N2CCCCC2)CC1. The minimum absolute atomic E-state index is 0.000698. The molecule has 1 aromatic carbocycles. The fourth-order valence-electron chi connectivity index (χ4n) is 4.22. The molecule has 6 nitrogen and oxygen atoms in total. The van der Waals surface area contributed by atoms with Crippen LogP contribution in [0.2, 0.25) is 0 Å². The number of anilines is 1. The highest BCUT2D eigenvalue weighted by Crippen LogP contribution is 2.30. The minimum atomic E-state index is -4.50. The van der Waals surface area contributed by atoms with E-state index in [1.54, 1.807) is 23.2 Å². The van der Waals surface area contributed by atoms with Crippen LogP contribution in [0.5, 0.6) is 0 Å². The first kappa shape index (κ1) is 22.1. The fraction of sp³-hybridized carbons (Fsp3) is 0.435. The molecule has 3 heterocycles. The largest absolute Gasteiger partial charge is 0.416 e. The van der Waals surface area contributed by atoms with E-state index in [1.165, 1.54) is 23.5 Å². The van der Waals surface area contributed by atoms with Gasteiger partial charge in [-0.25, -0.2) is 4.98 Å². The molecular weight excluding hydrogens is 421 g/mol. The highest BCUT2D eigenvalue weighted by molar-refractivity contribution is 5.99. The number of alkyl halides is 3. The van der Waals surface area contributed by atoms with Crippen molar-refractivity contribution in [3.63, 3.8) is 0 Å². The van der Waals surface area contributed by atoms with Crippen molar-refractivity contribution in [3.8, 4) is 0 Å². The molecule has 2 saturated heterocycles. The van der Waals surface area contributed by atoms with Gasteiger partial charge in [0.1, 0.15) is 5.82 Å². The zero-order valence-corrected chi connectivity index (χ0v) is 17.6. The van der Waals surface area contributed by atoms with Gasteiger partial charge in [-0.1, -0.05) is 6.07 Å². The van der Waals surface area contributed by atoms with Gasteiger partial charge in [0.05, 0.1) is 11.1 Å². The third-order valence-electron chi connectivity index (χ3n) is 5.96. The van der Waals surface area contributed by atoms with Gasteiger partial charge in [-0.15, -0.1) is 0 Å². The van der Waals surface area contributed by atoms with Crippen molar-refractivity contribution in [2.24, 2.45) is 0 Å². The van der Waals surface area contributed by atoms with Gasteiger partial charge in [-0.3, -0.25) is 9.59 Å². The molecule has 0 unspecified atom stereocenters. The van der Waals surface area contributed by atoms with E-state index >= 15 is 0 Å². The zero-order chi connectivity index (χ0) is 22.7. The molecule has 32 heavy (non-hydrogen) atoms. The van der Waals surface area contributed by atoms with Crippen LogP contribution in [0.25, 0.3) is 0 Å². The predicted octanol–water partition coefficient (Wildman–Crippen LogP) is 3.69. The first-order chi connectivity index (χ1) is 15.3. The molecule has 0 saturated carbocycles. The van der Waals surface area contributed by atoms with Gasteiger partial charge in [0.25, 0.3) is 11.8 Å². The lowest BCUT2D eigenvalue weighted by molar-refractivity contribution is -0.137. The molecule has 0 atom stereocenters. The predicted molar refractivity (Wildman–Crippen MR) is 114 cm³/mol. The highest BCUT2D eigenvalue weighted by atomic mass is 19.4. The second-order valence-electron chi connectivity index (χ2n) is 8.09. The summed E-state index contributed by atoms with van der Waals surface area (Å²) in [6.45, 7) is 2.91. The second-order valence-corrected chi connectivity index (χ2v) is 8.09. The summed E-state index contributed by atoms with van der Waals surface area (Å²) < 4.78 is 38.9. The summed E-state index contributed by atoms with van der Waals surface area (Å²) >= 11 is 0. The van der Waals surface area contributed by atoms with E-state index in [0.29, 0.717) is 24.5 Å². The molecule has 4 rings (SSSR count). The summed E-state index contributed by atoms with van der Waals surface area (Å²) in [6.07, 6.45) is 0.499. The molecule has 2 aromatic rings. The number of carbonyl (C=O) groups excluding carboxylic acids is 2. The number of benzene rings is 1. The molecule has 0 radical (unpaired) electrons. The minimum Gasteiger partial charge on any atom is -0.356 e. The maximum Gasteiger partial charge on any atom is 0.416 e. The molecule has 1 aromatic heterocycles. The van der Waals surface area contributed by atoms with Crippen molar-refractivity contribution in [3.05, 3.63) is 59.3 Å². The summed E-state index contributed by atoms with van der Waals surface area (Å²) in [4.78, 5) is 35.7. The maximum absolute atomic E-state index is 13.2. The first-order valence-electron chi connectivity index (χ1n) is 10.8. The summed E-state index contributed by atoms with van der Waals surface area (Å²) in [5, 5.41) is 0. The number of hydrogen-bond acceptors (Lipinski definition) is 4. The maximum atomic E-state index is 13.2. The van der Waals surface area contributed by atoms with E-state index in [-0.39, 0.29) is 24.6 Å². The number of piperazine rings is 1. The number of amides is 2. The Hall–Kier alpha value is -3.10. The molecule has 170 valence electrons. The number of carbonyl (C=O) groups is 2. The van der Waals surface area contributed by atoms with Crippen LogP contribution in [0.3, 0.4) is 0 Å². The Balaban J connectivity index is 1.42. The van der Waals surface area contributed by atoms with Crippen LogP contribution >= 0.6 is 0 Å². The van der Waals surface area contributed by atoms with E-state index < -0.39 is 17.6 Å². The van der Waals surface area contributed by atoms with Crippen molar-refractivity contribution < 1.29 is 22.8 Å². The van der Waals surface area contributed by atoms with Crippen LogP contribution in [-0.2, 0) is 6.18 Å². The standard InChI is InChI=1S/C23H25F3N4O2/c24-23(25,26)18-7-4-6-17(16-18)21(31)29-12-14-30(15-13-29)22(32)19-8-5-9-27-20(19)28-10-2-1-3-11-28/h4-9,16H,1-3,10-15H2. The number of rotatable bonds is 3. The van der Waals surface area contributed by atoms with Gasteiger partial charge in [0.2, 0.25) is 0 Å². The van der Waals surface area contributed by atoms with E-state index in [1.807, 2.05) is 0 Å². The van der Waals surface area contributed by atoms with Gasteiger partial charge < -0.3 is 14.7 Å². The average molecular weight is 446 g/mol. The lowest BCUT2D eigenvalue weighted by Crippen LogP contribution is -2.50. The Kier molecular flexibility index (Phi) is 6.34. The first-order valence-corrected chi connectivity index (χ1v) is 10.8. The zero-order valence-electron chi connectivity index (χ0n) is 17.6. The Morgan fingerprint density at radius 1 is 0.812 bits per heavy atom. The molecular formula is C23H25F3N4O2. The molecule has 2 amide bonds. The number of hydrogen-bond donors (Lipinski definition) is 0. The third-order valence-corrected chi connectivity index (χ3v) is 5.96. The van der Waals surface area contributed by atoms with Crippen molar-refractivity contribution in [1.29, 1.82) is 0 Å². The van der Waals surface area contributed by atoms with Gasteiger partial charge in [0.15, 0.2) is 0 Å². The smallest absolute Gasteiger partial charge is 0.356 e. The van der Waals surface area contributed by atoms with Crippen LogP contribution in [0.15, 0.2) is 42.6 Å². The molecule has 0 N–H and O–H groups in total. The Bertz CT molecular complexity index is 981. The van der Waals surface area contributed by atoms with Gasteiger partial charge in [0, 0.05) is 51.0 Å². The number of pyridine rings is 1. The van der Waals surface area contributed by atoms with Crippen molar-refractivity contribution >= 4 is 17.6 Å². The van der Waals surface area contributed by atoms with Crippen LogP contribution in [0.4, 0.5) is 19.0 Å². The molecule has 2 fully saturated rings. The number of piperidine rings is 1. The fourth-order valence-corrected chi connectivity index (χ4v) is 4.22. The van der Waals surface area contributed by atoms with Crippen molar-refractivity contribution in [1.82, 2.24) is 14.8 Å². The van der Waals surface area contributed by atoms with Crippen LogP contribution in [0.1, 0.15) is 45.5 Å². The summed E-state index contributed by atoms with van der Waals surface area (Å²) in [5.41, 5.74) is -0.301. The van der Waals surface area contributed by atoms with Crippen LogP contribution in [0, 0.1) is 0 Å². The summed E-state index contributed by atoms with van der Waals surface area (Å²) in [5.74, 6) is 0.100. The van der Waals surface area contributed by atoms with E-state index in [4.69, 9.17) is 0 Å². The lowest BCUT2D eigenvalue weighted by atomic mass is 10.1. The molecule has 0 bridgehead atoms. The monoisotopic (exact) mass is 446 g/mol. The molecule has 2 aliphatic rings. The highest BCUT2D eigenvalue weighted by Gasteiger charge is 2.32. The third kappa shape index (κ3) is 4.71. The van der Waals surface area contributed by atoms with Crippen LogP contribution < -0.4 is 4.90 Å². The van der Waals surface area contributed by atoms with Gasteiger partial charge in [-0.05, 0) is 49.6 Å². The normalized spacial score (nSPS) is 17.4. The Labute approximate surface area is 184 Å². The van der Waals surface area contributed by atoms with E-state index in [9.17, 15) is 22.8 Å². The topological polar surface area (TPSA) is 56.8 Å². The molecule has 0 spiro atoms. The molecule has 2 aliphatic heterocycles. The van der Waals surface area contributed by atoms with Crippen molar-refractivity contribution in [2.45, 2.75) is 25.4 Å². The average Bonchev–Trinajstić information content (AvgIpc) is 2.83. The van der Waals surface area contributed by atoms with Gasteiger partial charge >= 0.3 is 6.18 Å². The Morgan fingerprint density at radius 2 is 1.47 bits per heavy atom. The van der Waals surface area contributed by atoms with Gasteiger partial charge in [-0.2, -0.15) is 13.2 Å². The number of aromatic nitrogens is 1. The molecule has 9 heteroatoms. The lowest BCUT2D eigenvalue weighted by Gasteiger charge is -2.36. The van der Waals surface area contributed by atoms with E-state index in [0.717, 1.165) is 38.1 Å². The summed E-state index contributed by atoms with van der Waals surface area (Å²) in [7, 11) is 0. The second kappa shape index (κ2) is 9.18. The van der Waals surface area contributed by atoms with Crippen molar-refractivity contribution in [2.75, 3.05) is 44.2 Å². The quantitative estimate of drug-likeness (QED) is 0.722. The number of halogens is 3. The van der Waals surface area contributed by atoms with Crippen LogP contribution in [-0.4, -0.2) is 65.9 Å². The Morgan fingerprint density at radius 3 is 2.12 bits per heavy atom. The molecule has 0 aliphatic carbocycles. The number of nitrogens with zero attached hydrogens (tertiary/aromatic N) is 4.